The minimum absolute atomic E-state index is 0.686. The zero-order valence-electron chi connectivity index (χ0n) is 14.7. The molecule has 1 aromatic heterocycles. The molecule has 0 amide bonds. The fraction of sp³-hybridized carbons (Fsp3) is 0.0952. The molecule has 1 aliphatic rings. The first-order valence-electron chi connectivity index (χ1n) is 8.42. The van der Waals surface area contributed by atoms with Crippen LogP contribution in [0.4, 0.5) is 11.4 Å². The average molecular weight is 341 g/mol. The van der Waals surface area contributed by atoms with E-state index in [-0.39, 0.29) is 0 Å². The molecule has 0 radical (unpaired) electrons. The number of hydrogen-bond acceptors (Lipinski definition) is 5. The molecule has 1 aliphatic heterocycles. The first-order chi connectivity index (χ1) is 12.7. The van der Waals surface area contributed by atoms with Crippen LogP contribution in [0.15, 0.2) is 83.2 Å². The van der Waals surface area contributed by atoms with Crippen molar-refractivity contribution < 1.29 is 0 Å². The van der Waals surface area contributed by atoms with Gasteiger partial charge in [-0.15, -0.1) is 0 Å². The minimum Gasteiger partial charge on any atom is -0.378 e. The van der Waals surface area contributed by atoms with E-state index < -0.39 is 0 Å². The van der Waals surface area contributed by atoms with Gasteiger partial charge < -0.3 is 4.90 Å². The highest BCUT2D eigenvalue weighted by atomic mass is 15.3. The molecular weight excluding hydrogens is 322 g/mol. The number of nitrogens with one attached hydrogen (secondary N) is 1. The molecule has 2 heterocycles. The van der Waals surface area contributed by atoms with E-state index in [0.717, 1.165) is 33.8 Å². The van der Waals surface area contributed by atoms with Gasteiger partial charge in [-0.1, -0.05) is 30.3 Å². The number of aromatic nitrogens is 1. The predicted molar refractivity (Wildman–Crippen MR) is 106 cm³/mol. The van der Waals surface area contributed by atoms with E-state index >= 15 is 0 Å². The molecule has 0 aliphatic carbocycles. The molecule has 0 unspecified atom stereocenters. The normalized spacial score (nSPS) is 13.0. The van der Waals surface area contributed by atoms with Gasteiger partial charge in [-0.3, -0.25) is 10.4 Å². The Labute approximate surface area is 152 Å². The number of para-hydroxylation sites is 1. The zero-order valence-corrected chi connectivity index (χ0v) is 14.7. The molecule has 5 nitrogen and oxygen atoms in total. The Kier molecular flexibility index (Phi) is 4.19. The maximum absolute atomic E-state index is 4.77. The van der Waals surface area contributed by atoms with Crippen molar-refractivity contribution in [3.05, 3.63) is 89.7 Å². The van der Waals surface area contributed by atoms with Crippen LogP contribution in [0.5, 0.6) is 0 Å². The summed E-state index contributed by atoms with van der Waals surface area (Å²) in [5.41, 5.74) is 8.95. The van der Waals surface area contributed by atoms with E-state index in [0.29, 0.717) is 5.84 Å². The highest BCUT2D eigenvalue weighted by molar-refractivity contribution is 6.18. The Hall–Kier alpha value is -3.47. The molecule has 2 aromatic carbocycles. The van der Waals surface area contributed by atoms with Crippen molar-refractivity contribution in [3.63, 3.8) is 0 Å². The first kappa shape index (κ1) is 16.0. The van der Waals surface area contributed by atoms with Crippen molar-refractivity contribution in [2.24, 2.45) is 10.1 Å². The Bertz CT molecular complexity index is 973. The summed E-state index contributed by atoms with van der Waals surface area (Å²) in [5, 5.41) is 4.66. The lowest BCUT2D eigenvalue weighted by molar-refractivity contribution is 1.03. The van der Waals surface area contributed by atoms with Crippen LogP contribution in [0, 0.1) is 0 Å². The smallest absolute Gasteiger partial charge is 0.155 e. The summed E-state index contributed by atoms with van der Waals surface area (Å²) in [5.74, 6) is 0.686. The first-order valence-corrected chi connectivity index (χ1v) is 8.42. The van der Waals surface area contributed by atoms with Crippen molar-refractivity contribution in [2.75, 3.05) is 19.0 Å². The fourth-order valence-electron chi connectivity index (χ4n) is 2.86. The van der Waals surface area contributed by atoms with Gasteiger partial charge in [-0.2, -0.15) is 5.10 Å². The van der Waals surface area contributed by atoms with Crippen LogP contribution in [0.2, 0.25) is 0 Å². The largest absolute Gasteiger partial charge is 0.378 e. The van der Waals surface area contributed by atoms with E-state index in [9.17, 15) is 0 Å². The molecule has 0 spiro atoms. The average Bonchev–Trinajstić information content (AvgIpc) is 2.88. The van der Waals surface area contributed by atoms with Gasteiger partial charge in [-0.25, -0.2) is 4.99 Å². The molecule has 0 fully saturated rings. The van der Waals surface area contributed by atoms with Gasteiger partial charge in [0.1, 0.15) is 0 Å². The van der Waals surface area contributed by atoms with E-state index in [1.54, 1.807) is 12.4 Å². The lowest BCUT2D eigenvalue weighted by Gasteiger charge is -2.13. The van der Waals surface area contributed by atoms with Gasteiger partial charge in [0.15, 0.2) is 5.84 Å². The summed E-state index contributed by atoms with van der Waals surface area (Å²) < 4.78 is 0. The Morgan fingerprint density at radius 3 is 2.38 bits per heavy atom. The van der Waals surface area contributed by atoms with E-state index in [4.69, 9.17) is 4.99 Å². The number of nitrogens with zero attached hydrogens (tertiary/aromatic N) is 4. The van der Waals surface area contributed by atoms with Crippen molar-refractivity contribution in [2.45, 2.75) is 0 Å². The Morgan fingerprint density at radius 1 is 0.846 bits per heavy atom. The maximum Gasteiger partial charge on any atom is 0.155 e. The molecule has 1 N–H and O–H groups in total. The molecule has 128 valence electrons. The van der Waals surface area contributed by atoms with Gasteiger partial charge in [0, 0.05) is 48.9 Å². The summed E-state index contributed by atoms with van der Waals surface area (Å²) >= 11 is 0. The number of fused-ring (bicyclic) bond motifs is 1. The van der Waals surface area contributed by atoms with E-state index in [1.165, 1.54) is 0 Å². The second-order valence-electron chi connectivity index (χ2n) is 6.23. The third-order valence-corrected chi connectivity index (χ3v) is 4.26. The summed E-state index contributed by atoms with van der Waals surface area (Å²) in [4.78, 5) is 11.0. The molecule has 4 rings (SSSR count). The van der Waals surface area contributed by atoms with Crippen LogP contribution >= 0.6 is 0 Å². The zero-order chi connectivity index (χ0) is 17.9. The lowest BCUT2D eigenvalue weighted by Crippen LogP contribution is -2.19. The van der Waals surface area contributed by atoms with Crippen molar-refractivity contribution in [1.82, 2.24) is 10.4 Å². The highest BCUT2D eigenvalue weighted by Crippen LogP contribution is 2.26. The molecule has 0 saturated carbocycles. The maximum atomic E-state index is 4.77. The van der Waals surface area contributed by atoms with Crippen molar-refractivity contribution in [1.29, 1.82) is 0 Å². The van der Waals surface area contributed by atoms with Gasteiger partial charge in [0.25, 0.3) is 0 Å². The van der Waals surface area contributed by atoms with Crippen LogP contribution in [-0.2, 0) is 0 Å². The van der Waals surface area contributed by atoms with Gasteiger partial charge in [0.2, 0.25) is 0 Å². The highest BCUT2D eigenvalue weighted by Gasteiger charge is 2.16. The van der Waals surface area contributed by atoms with Gasteiger partial charge in [-0.05, 0) is 30.3 Å². The van der Waals surface area contributed by atoms with Crippen molar-refractivity contribution >= 4 is 22.9 Å². The van der Waals surface area contributed by atoms with Crippen LogP contribution < -0.4 is 10.3 Å². The number of amidine groups is 1. The number of pyridine rings is 1. The number of aliphatic imine (C=N–C) groups is 1. The lowest BCUT2D eigenvalue weighted by atomic mass is 10.0. The molecule has 3 aromatic rings. The molecule has 5 heteroatoms. The number of benzene rings is 2. The standard InChI is InChI=1S/C21H19N5/c1-26(2)17-11-9-15(10-12-17)20-18-7-3-4-8-19(18)23-21(25-24-20)16-6-5-13-22-14-16/h3-14H,1-2H3,(H,23,25). The SMILES string of the molecule is CN(C)c1ccc(C2=NNC(c3cccnc3)=Nc3ccccc32)cc1. The van der Waals surface area contributed by atoms with Gasteiger partial charge in [0.05, 0.1) is 11.4 Å². The third kappa shape index (κ3) is 3.07. The van der Waals surface area contributed by atoms with Crippen LogP contribution in [0.1, 0.15) is 16.7 Å². The fourth-order valence-corrected chi connectivity index (χ4v) is 2.86. The van der Waals surface area contributed by atoms with E-state index in [2.05, 4.69) is 44.7 Å². The summed E-state index contributed by atoms with van der Waals surface area (Å²) in [6.45, 7) is 0. The number of hydrazone groups is 1. The Balaban J connectivity index is 1.79. The summed E-state index contributed by atoms with van der Waals surface area (Å²) in [7, 11) is 4.06. The second-order valence-corrected chi connectivity index (χ2v) is 6.23. The third-order valence-electron chi connectivity index (χ3n) is 4.26. The quantitative estimate of drug-likeness (QED) is 0.792. The number of hydrogen-bond donors (Lipinski definition) is 1. The van der Waals surface area contributed by atoms with Gasteiger partial charge >= 0.3 is 0 Å². The topological polar surface area (TPSA) is 52.9 Å². The molecule has 0 saturated heterocycles. The molecule has 0 bridgehead atoms. The number of anilines is 1. The predicted octanol–water partition coefficient (Wildman–Crippen LogP) is 3.58. The molecule has 26 heavy (non-hydrogen) atoms. The Morgan fingerprint density at radius 2 is 1.65 bits per heavy atom. The van der Waals surface area contributed by atoms with Crippen LogP contribution in [0.25, 0.3) is 0 Å². The monoisotopic (exact) mass is 341 g/mol. The summed E-state index contributed by atoms with van der Waals surface area (Å²) in [6.07, 6.45) is 3.52. The van der Waals surface area contributed by atoms with Crippen LogP contribution in [-0.4, -0.2) is 30.6 Å². The second kappa shape index (κ2) is 6.80. The molecule has 0 atom stereocenters. The van der Waals surface area contributed by atoms with Crippen molar-refractivity contribution in [3.8, 4) is 0 Å². The van der Waals surface area contributed by atoms with Crippen LogP contribution in [0.3, 0.4) is 0 Å². The number of rotatable bonds is 3. The minimum atomic E-state index is 0.686. The molecular formula is C21H19N5. The summed E-state index contributed by atoms with van der Waals surface area (Å²) in [6, 6.07) is 20.3. The van der Waals surface area contributed by atoms with E-state index in [1.807, 2.05) is 50.5 Å².